The number of aryl methyl sites for hydroxylation is 3. The minimum Gasteiger partial charge on any atom is -0.459 e. The number of rotatable bonds is 3. The summed E-state index contributed by atoms with van der Waals surface area (Å²) < 4.78 is 10.5. The predicted molar refractivity (Wildman–Crippen MR) is 80.6 cm³/mol. The van der Waals surface area contributed by atoms with E-state index in [0.717, 1.165) is 42.2 Å². The van der Waals surface area contributed by atoms with E-state index in [-0.39, 0.29) is 5.91 Å². The van der Waals surface area contributed by atoms with E-state index in [1.807, 2.05) is 31.7 Å². The lowest BCUT2D eigenvalue weighted by Gasteiger charge is -2.34. The molecule has 6 heteroatoms. The third-order valence-electron chi connectivity index (χ3n) is 4.28. The van der Waals surface area contributed by atoms with E-state index in [1.165, 1.54) is 0 Å². The molecule has 6 nitrogen and oxygen atoms in total. The lowest BCUT2D eigenvalue weighted by Crippen LogP contribution is -2.48. The molecule has 0 radical (unpaired) electrons. The van der Waals surface area contributed by atoms with Crippen LogP contribution < -0.4 is 0 Å². The first-order valence-corrected chi connectivity index (χ1v) is 7.53. The summed E-state index contributed by atoms with van der Waals surface area (Å²) in [5.41, 5.74) is 2.99. The first kappa shape index (κ1) is 14.8. The molecule has 3 rings (SSSR count). The Bertz CT molecular complexity index is 646. The summed E-state index contributed by atoms with van der Waals surface area (Å²) in [4.78, 5) is 16.6. The largest absolute Gasteiger partial charge is 0.459 e. The van der Waals surface area contributed by atoms with Crippen LogP contribution in [-0.2, 0) is 6.54 Å². The number of carbonyl (C=O) groups is 1. The summed E-state index contributed by atoms with van der Waals surface area (Å²) in [5, 5.41) is 3.99. The highest BCUT2D eigenvalue weighted by atomic mass is 16.5. The molecule has 3 heterocycles. The van der Waals surface area contributed by atoms with Crippen LogP contribution in [0.15, 0.2) is 21.3 Å². The number of piperazine rings is 1. The van der Waals surface area contributed by atoms with Gasteiger partial charge in [0.1, 0.15) is 5.76 Å². The Balaban J connectivity index is 1.59. The second-order valence-electron chi connectivity index (χ2n) is 5.80. The van der Waals surface area contributed by atoms with E-state index < -0.39 is 0 Å². The van der Waals surface area contributed by atoms with Gasteiger partial charge >= 0.3 is 0 Å². The van der Waals surface area contributed by atoms with Gasteiger partial charge in [0.15, 0.2) is 5.76 Å². The van der Waals surface area contributed by atoms with Gasteiger partial charge in [0, 0.05) is 43.9 Å². The molecular formula is C16H21N3O3. The molecule has 0 bridgehead atoms. The standard InChI is InChI=1S/C16H21N3O3/c1-11-4-9-21-15(11)16(20)19-7-5-18(6-8-19)10-14-12(2)17-22-13(14)3/h4,9H,5-8,10H2,1-3H3. The van der Waals surface area contributed by atoms with Crippen molar-refractivity contribution in [2.75, 3.05) is 26.2 Å². The molecule has 1 amide bonds. The molecule has 0 saturated carbocycles. The van der Waals surface area contributed by atoms with Gasteiger partial charge in [-0.2, -0.15) is 0 Å². The monoisotopic (exact) mass is 303 g/mol. The first-order chi connectivity index (χ1) is 10.6. The summed E-state index contributed by atoms with van der Waals surface area (Å²) in [7, 11) is 0. The van der Waals surface area contributed by atoms with Gasteiger partial charge in [-0.25, -0.2) is 0 Å². The van der Waals surface area contributed by atoms with E-state index in [1.54, 1.807) is 6.26 Å². The zero-order chi connectivity index (χ0) is 15.7. The van der Waals surface area contributed by atoms with Gasteiger partial charge in [-0.05, 0) is 26.8 Å². The molecule has 0 aromatic carbocycles. The fourth-order valence-electron chi connectivity index (χ4n) is 2.80. The van der Waals surface area contributed by atoms with E-state index >= 15 is 0 Å². The maximum Gasteiger partial charge on any atom is 0.289 e. The highest BCUT2D eigenvalue weighted by Gasteiger charge is 2.25. The molecule has 2 aromatic heterocycles. The topological polar surface area (TPSA) is 62.7 Å². The van der Waals surface area contributed by atoms with E-state index in [0.29, 0.717) is 18.8 Å². The average Bonchev–Trinajstić information content (AvgIpc) is 3.08. The van der Waals surface area contributed by atoms with Crippen molar-refractivity contribution in [2.45, 2.75) is 27.3 Å². The molecule has 1 aliphatic rings. The number of amides is 1. The zero-order valence-electron chi connectivity index (χ0n) is 13.3. The highest BCUT2D eigenvalue weighted by molar-refractivity contribution is 5.92. The van der Waals surface area contributed by atoms with Crippen LogP contribution in [0.2, 0.25) is 0 Å². The number of aromatic nitrogens is 1. The maximum absolute atomic E-state index is 12.4. The van der Waals surface area contributed by atoms with E-state index in [4.69, 9.17) is 8.94 Å². The maximum atomic E-state index is 12.4. The second kappa shape index (κ2) is 5.96. The van der Waals surface area contributed by atoms with E-state index in [2.05, 4.69) is 10.1 Å². The van der Waals surface area contributed by atoms with Gasteiger partial charge < -0.3 is 13.8 Å². The molecule has 0 unspecified atom stereocenters. The van der Waals surface area contributed by atoms with Crippen molar-refractivity contribution < 1.29 is 13.7 Å². The van der Waals surface area contributed by atoms with Crippen molar-refractivity contribution in [3.8, 4) is 0 Å². The lowest BCUT2D eigenvalue weighted by atomic mass is 10.1. The fraction of sp³-hybridized carbons (Fsp3) is 0.500. The SMILES string of the molecule is Cc1ccoc1C(=O)N1CCN(Cc2c(C)noc2C)CC1. The number of hydrogen-bond donors (Lipinski definition) is 0. The third kappa shape index (κ3) is 2.78. The van der Waals surface area contributed by atoms with Crippen molar-refractivity contribution in [3.63, 3.8) is 0 Å². The van der Waals surface area contributed by atoms with Gasteiger partial charge in [-0.15, -0.1) is 0 Å². The van der Waals surface area contributed by atoms with Crippen LogP contribution in [0.25, 0.3) is 0 Å². The van der Waals surface area contributed by atoms with Crippen molar-refractivity contribution in [1.29, 1.82) is 0 Å². The Morgan fingerprint density at radius 1 is 1.23 bits per heavy atom. The smallest absolute Gasteiger partial charge is 0.289 e. The van der Waals surface area contributed by atoms with Crippen molar-refractivity contribution in [3.05, 3.63) is 40.7 Å². The molecule has 0 aliphatic carbocycles. The molecule has 1 fully saturated rings. The summed E-state index contributed by atoms with van der Waals surface area (Å²) in [6.45, 7) is 9.73. The van der Waals surface area contributed by atoms with Crippen molar-refractivity contribution in [1.82, 2.24) is 15.0 Å². The number of furan rings is 1. The number of carbonyl (C=O) groups excluding carboxylic acids is 1. The molecule has 1 aliphatic heterocycles. The Labute approximate surface area is 129 Å². The van der Waals surface area contributed by atoms with Crippen molar-refractivity contribution in [2.24, 2.45) is 0 Å². The van der Waals surface area contributed by atoms with Crippen LogP contribution >= 0.6 is 0 Å². The minimum atomic E-state index is -0.0144. The second-order valence-corrected chi connectivity index (χ2v) is 5.80. The van der Waals surface area contributed by atoms with Crippen LogP contribution in [0, 0.1) is 20.8 Å². The van der Waals surface area contributed by atoms with Crippen LogP contribution in [0.3, 0.4) is 0 Å². The van der Waals surface area contributed by atoms with Crippen LogP contribution in [-0.4, -0.2) is 47.0 Å². The predicted octanol–water partition coefficient (Wildman–Crippen LogP) is 2.15. The first-order valence-electron chi connectivity index (χ1n) is 7.53. The Morgan fingerprint density at radius 3 is 2.50 bits per heavy atom. The summed E-state index contributed by atoms with van der Waals surface area (Å²) in [6, 6.07) is 1.82. The quantitative estimate of drug-likeness (QED) is 0.869. The van der Waals surface area contributed by atoms with Crippen LogP contribution in [0.5, 0.6) is 0 Å². The summed E-state index contributed by atoms with van der Waals surface area (Å²) in [6.07, 6.45) is 1.57. The molecule has 22 heavy (non-hydrogen) atoms. The summed E-state index contributed by atoms with van der Waals surface area (Å²) >= 11 is 0. The average molecular weight is 303 g/mol. The fourth-order valence-corrected chi connectivity index (χ4v) is 2.80. The number of hydrogen-bond acceptors (Lipinski definition) is 5. The van der Waals surface area contributed by atoms with Gasteiger partial charge in [-0.3, -0.25) is 9.69 Å². The Morgan fingerprint density at radius 2 is 1.95 bits per heavy atom. The van der Waals surface area contributed by atoms with Crippen LogP contribution in [0.4, 0.5) is 0 Å². The van der Waals surface area contributed by atoms with Crippen LogP contribution in [0.1, 0.15) is 33.1 Å². The molecule has 2 aromatic rings. The molecule has 0 spiro atoms. The molecule has 1 saturated heterocycles. The highest BCUT2D eigenvalue weighted by Crippen LogP contribution is 2.18. The normalized spacial score (nSPS) is 16.2. The minimum absolute atomic E-state index is 0.0144. The molecule has 0 atom stereocenters. The summed E-state index contributed by atoms with van der Waals surface area (Å²) in [5.74, 6) is 1.32. The third-order valence-corrected chi connectivity index (χ3v) is 4.28. The van der Waals surface area contributed by atoms with Gasteiger partial charge in [0.25, 0.3) is 5.91 Å². The van der Waals surface area contributed by atoms with Gasteiger partial charge in [-0.1, -0.05) is 5.16 Å². The molecule has 118 valence electrons. The lowest BCUT2D eigenvalue weighted by molar-refractivity contribution is 0.0596. The Kier molecular flexibility index (Phi) is 4.02. The van der Waals surface area contributed by atoms with E-state index in [9.17, 15) is 4.79 Å². The zero-order valence-corrected chi connectivity index (χ0v) is 13.3. The Hall–Kier alpha value is -2.08. The molecule has 0 N–H and O–H groups in total. The van der Waals surface area contributed by atoms with Gasteiger partial charge in [0.05, 0.1) is 12.0 Å². The van der Waals surface area contributed by atoms with Crippen molar-refractivity contribution >= 4 is 5.91 Å². The van der Waals surface area contributed by atoms with Gasteiger partial charge in [0.2, 0.25) is 0 Å². The number of nitrogens with zero attached hydrogens (tertiary/aromatic N) is 3. The molecular weight excluding hydrogens is 282 g/mol.